The number of rotatable bonds is 2. The zero-order valence-corrected chi connectivity index (χ0v) is 7.77. The van der Waals surface area contributed by atoms with E-state index in [9.17, 15) is 5.11 Å². The molecule has 0 spiro atoms. The minimum absolute atomic E-state index is 0.207. The fraction of sp³-hybridized carbons (Fsp3) is 0.0769. The van der Waals surface area contributed by atoms with E-state index >= 15 is 0 Å². The largest absolute Gasteiger partial charge is 0.507 e. The molecule has 0 atom stereocenters. The summed E-state index contributed by atoms with van der Waals surface area (Å²) in [5.41, 5.74) is 2.35. The molecule has 2 aromatic rings. The summed E-state index contributed by atoms with van der Waals surface area (Å²) in [7, 11) is 0. The summed E-state index contributed by atoms with van der Waals surface area (Å²) in [6.07, 6.45) is 0.850. The Hall–Kier alpha value is -1.76. The van der Waals surface area contributed by atoms with Crippen LogP contribution in [0.3, 0.4) is 0 Å². The molecule has 0 bridgehead atoms. The van der Waals surface area contributed by atoms with Crippen LogP contribution in [-0.2, 0) is 6.42 Å². The van der Waals surface area contributed by atoms with Crippen LogP contribution < -0.4 is 0 Å². The van der Waals surface area contributed by atoms with Gasteiger partial charge in [0.1, 0.15) is 5.75 Å². The molecule has 0 aliphatic rings. The average molecular weight is 183 g/mol. The third-order valence-electron chi connectivity index (χ3n) is 2.10. The fourth-order valence-electron chi connectivity index (χ4n) is 1.44. The Balaban J connectivity index is 2.19. The molecule has 0 aliphatic heterocycles. The Morgan fingerprint density at radius 1 is 1.00 bits per heavy atom. The van der Waals surface area contributed by atoms with Crippen molar-refractivity contribution in [2.75, 3.05) is 0 Å². The topological polar surface area (TPSA) is 20.2 Å². The second-order valence-electron chi connectivity index (χ2n) is 3.24. The molecular formula is C13H11O. The Bertz CT molecular complexity index is 407. The lowest BCUT2D eigenvalue weighted by Crippen LogP contribution is -1.86. The molecule has 0 aromatic heterocycles. The van der Waals surface area contributed by atoms with Crippen molar-refractivity contribution in [1.82, 2.24) is 0 Å². The molecule has 14 heavy (non-hydrogen) atoms. The Kier molecular flexibility index (Phi) is 2.50. The molecular weight excluding hydrogens is 172 g/mol. The van der Waals surface area contributed by atoms with Crippen LogP contribution >= 0.6 is 0 Å². The zero-order chi connectivity index (χ0) is 9.80. The predicted molar refractivity (Wildman–Crippen MR) is 56.2 cm³/mol. The maximum absolute atomic E-state index is 9.24. The van der Waals surface area contributed by atoms with Gasteiger partial charge in [0.2, 0.25) is 0 Å². The molecule has 0 saturated heterocycles. The molecule has 69 valence electrons. The maximum atomic E-state index is 9.24. The summed E-state index contributed by atoms with van der Waals surface area (Å²) in [6, 6.07) is 18.4. The van der Waals surface area contributed by atoms with Gasteiger partial charge in [-0.2, -0.15) is 0 Å². The molecule has 0 amide bonds. The molecule has 2 rings (SSSR count). The fourth-order valence-corrected chi connectivity index (χ4v) is 1.44. The third-order valence-corrected chi connectivity index (χ3v) is 2.10. The quantitative estimate of drug-likeness (QED) is 0.759. The van der Waals surface area contributed by atoms with Crippen LogP contribution in [-0.4, -0.2) is 5.11 Å². The van der Waals surface area contributed by atoms with Gasteiger partial charge >= 0.3 is 0 Å². The van der Waals surface area contributed by atoms with Crippen LogP contribution in [0.5, 0.6) is 5.75 Å². The van der Waals surface area contributed by atoms with Crippen LogP contribution in [0.2, 0.25) is 0 Å². The zero-order valence-electron chi connectivity index (χ0n) is 7.77. The Morgan fingerprint density at radius 3 is 2.50 bits per heavy atom. The lowest BCUT2D eigenvalue weighted by Gasteiger charge is -2.01. The van der Waals surface area contributed by atoms with Crippen molar-refractivity contribution in [2.24, 2.45) is 0 Å². The van der Waals surface area contributed by atoms with Gasteiger partial charge in [0.05, 0.1) is 0 Å². The summed E-state index contributed by atoms with van der Waals surface area (Å²) in [6.45, 7) is 0. The lowest BCUT2D eigenvalue weighted by atomic mass is 10.1. The van der Waals surface area contributed by atoms with Crippen molar-refractivity contribution in [3.8, 4) is 5.75 Å². The Morgan fingerprint density at radius 2 is 1.79 bits per heavy atom. The standard InChI is InChI=1S/C13H11O/c14-13-8-4-7-12(10-13)9-11-5-2-1-3-6-11/h1-7,10,14H,9H2. The molecule has 1 nitrogen and oxygen atoms in total. The molecule has 0 aliphatic carbocycles. The van der Waals surface area contributed by atoms with E-state index in [1.54, 1.807) is 12.1 Å². The Labute approximate surface area is 83.6 Å². The number of phenolic OH excluding ortho intramolecular Hbond substituents is 1. The number of aromatic hydroxyl groups is 1. The second-order valence-corrected chi connectivity index (χ2v) is 3.24. The van der Waals surface area contributed by atoms with Crippen molar-refractivity contribution < 1.29 is 5.11 Å². The summed E-state index contributed by atoms with van der Waals surface area (Å²) in [4.78, 5) is 0. The van der Waals surface area contributed by atoms with E-state index in [4.69, 9.17) is 0 Å². The monoisotopic (exact) mass is 183 g/mol. The average Bonchev–Trinajstić information content (AvgIpc) is 2.19. The van der Waals surface area contributed by atoms with Crippen LogP contribution in [0, 0.1) is 6.07 Å². The summed E-state index contributed by atoms with van der Waals surface area (Å²) < 4.78 is 0. The number of hydrogen-bond acceptors (Lipinski definition) is 1. The highest BCUT2D eigenvalue weighted by molar-refractivity contribution is 5.30. The number of benzene rings is 2. The first-order valence-electron chi connectivity index (χ1n) is 4.58. The molecule has 0 saturated carbocycles. The van der Waals surface area contributed by atoms with Gasteiger partial charge in [-0.25, -0.2) is 0 Å². The number of phenols is 1. The minimum atomic E-state index is 0.207. The van der Waals surface area contributed by atoms with Crippen molar-refractivity contribution in [3.63, 3.8) is 0 Å². The van der Waals surface area contributed by atoms with Gasteiger partial charge in [0, 0.05) is 6.07 Å². The van der Waals surface area contributed by atoms with E-state index in [0.29, 0.717) is 0 Å². The van der Waals surface area contributed by atoms with E-state index in [1.807, 2.05) is 24.3 Å². The van der Waals surface area contributed by atoms with Crippen LogP contribution in [0.25, 0.3) is 0 Å². The van der Waals surface area contributed by atoms with Gasteiger partial charge < -0.3 is 5.11 Å². The van der Waals surface area contributed by atoms with Crippen LogP contribution in [0.1, 0.15) is 11.1 Å². The first-order chi connectivity index (χ1) is 6.84. The summed E-state index contributed by atoms with van der Waals surface area (Å²) in [5.74, 6) is 0.207. The van der Waals surface area contributed by atoms with Gasteiger partial charge in [0.15, 0.2) is 0 Å². The van der Waals surface area contributed by atoms with E-state index in [1.165, 1.54) is 5.56 Å². The predicted octanol–water partition coefficient (Wildman–Crippen LogP) is 2.78. The SMILES string of the molecule is Oc1[c]ccc(Cc2ccccc2)c1. The van der Waals surface area contributed by atoms with E-state index in [0.717, 1.165) is 12.0 Å². The van der Waals surface area contributed by atoms with Crippen molar-refractivity contribution in [1.29, 1.82) is 0 Å². The molecule has 0 unspecified atom stereocenters. The molecule has 0 heterocycles. The van der Waals surface area contributed by atoms with E-state index < -0.39 is 0 Å². The summed E-state index contributed by atoms with van der Waals surface area (Å²) >= 11 is 0. The number of hydrogen-bond donors (Lipinski definition) is 1. The van der Waals surface area contributed by atoms with Gasteiger partial charge in [0.25, 0.3) is 0 Å². The van der Waals surface area contributed by atoms with Gasteiger partial charge in [-0.15, -0.1) is 0 Å². The smallest absolute Gasteiger partial charge is 0.123 e. The van der Waals surface area contributed by atoms with E-state index in [-0.39, 0.29) is 5.75 Å². The molecule has 0 fully saturated rings. The highest BCUT2D eigenvalue weighted by Gasteiger charge is 1.96. The van der Waals surface area contributed by atoms with Gasteiger partial charge in [-0.1, -0.05) is 42.5 Å². The second kappa shape index (κ2) is 3.97. The first-order valence-corrected chi connectivity index (χ1v) is 4.58. The lowest BCUT2D eigenvalue weighted by molar-refractivity contribution is 0.473. The van der Waals surface area contributed by atoms with Crippen LogP contribution in [0.4, 0.5) is 0 Å². The molecule has 2 aromatic carbocycles. The highest BCUT2D eigenvalue weighted by atomic mass is 16.3. The summed E-state index contributed by atoms with van der Waals surface area (Å²) in [5, 5.41) is 9.24. The van der Waals surface area contributed by atoms with Gasteiger partial charge in [-0.05, 0) is 23.6 Å². The normalized spacial score (nSPS) is 10.0. The molecule has 1 heteroatoms. The van der Waals surface area contributed by atoms with Crippen molar-refractivity contribution >= 4 is 0 Å². The maximum Gasteiger partial charge on any atom is 0.123 e. The highest BCUT2D eigenvalue weighted by Crippen LogP contribution is 2.14. The van der Waals surface area contributed by atoms with E-state index in [2.05, 4.69) is 18.2 Å². The minimum Gasteiger partial charge on any atom is -0.507 e. The van der Waals surface area contributed by atoms with Gasteiger partial charge in [-0.3, -0.25) is 0 Å². The first kappa shape index (κ1) is 8.82. The molecule has 1 radical (unpaired) electrons. The third kappa shape index (κ3) is 2.13. The van der Waals surface area contributed by atoms with Crippen molar-refractivity contribution in [2.45, 2.75) is 6.42 Å². The van der Waals surface area contributed by atoms with Crippen LogP contribution in [0.15, 0.2) is 48.5 Å². The molecule has 1 N–H and O–H groups in total. The van der Waals surface area contributed by atoms with Crippen molar-refractivity contribution in [3.05, 3.63) is 65.7 Å².